The highest BCUT2D eigenvalue weighted by atomic mass is 14.9. The molecule has 0 saturated heterocycles. The molecular formula is C19H31N. The lowest BCUT2D eigenvalue weighted by atomic mass is 9.99. The van der Waals surface area contributed by atoms with Crippen LogP contribution >= 0.6 is 0 Å². The predicted molar refractivity (Wildman–Crippen MR) is 92.5 cm³/mol. The lowest BCUT2D eigenvalue weighted by molar-refractivity contribution is 0.967. The number of hydrogen-bond acceptors (Lipinski definition) is 1. The van der Waals surface area contributed by atoms with Gasteiger partial charge in [-0.2, -0.15) is 0 Å². The summed E-state index contributed by atoms with van der Waals surface area (Å²) in [5, 5.41) is 3.28. The van der Waals surface area contributed by atoms with Gasteiger partial charge in [0.15, 0.2) is 0 Å². The highest BCUT2D eigenvalue weighted by Crippen LogP contribution is 2.20. The van der Waals surface area contributed by atoms with Crippen LogP contribution in [0.25, 0.3) is 0 Å². The van der Waals surface area contributed by atoms with Crippen LogP contribution in [0, 0.1) is 0 Å². The number of rotatable bonds is 8. The average molecular weight is 273 g/mol. The summed E-state index contributed by atoms with van der Waals surface area (Å²) in [6, 6.07) is 0. The summed E-state index contributed by atoms with van der Waals surface area (Å²) in [5.41, 5.74) is 6.24. The van der Waals surface area contributed by atoms with E-state index >= 15 is 0 Å². The maximum absolute atomic E-state index is 3.90. The molecule has 0 aliphatic rings. The zero-order valence-electron chi connectivity index (χ0n) is 14.1. The van der Waals surface area contributed by atoms with Crippen molar-refractivity contribution in [3.8, 4) is 0 Å². The molecule has 20 heavy (non-hydrogen) atoms. The van der Waals surface area contributed by atoms with Gasteiger partial charge in [-0.15, -0.1) is 0 Å². The Morgan fingerprint density at radius 3 is 2.20 bits per heavy atom. The molecule has 1 heteroatoms. The molecule has 0 spiro atoms. The number of nitrogens with one attached hydrogen (secondary N) is 1. The Morgan fingerprint density at radius 1 is 1.10 bits per heavy atom. The molecule has 0 saturated carbocycles. The van der Waals surface area contributed by atoms with Crippen LogP contribution in [0.5, 0.6) is 0 Å². The molecule has 1 nitrogen and oxygen atoms in total. The molecule has 0 fully saturated rings. The van der Waals surface area contributed by atoms with Crippen LogP contribution in [0.4, 0.5) is 0 Å². The highest BCUT2D eigenvalue weighted by Gasteiger charge is 2.01. The summed E-state index contributed by atoms with van der Waals surface area (Å²) in [4.78, 5) is 0. The summed E-state index contributed by atoms with van der Waals surface area (Å²) in [6.45, 7) is 16.6. The minimum absolute atomic E-state index is 0.972. The quantitative estimate of drug-likeness (QED) is 0.420. The fourth-order valence-electron chi connectivity index (χ4n) is 1.99. The van der Waals surface area contributed by atoms with Crippen molar-refractivity contribution >= 4 is 0 Å². The smallest absolute Gasteiger partial charge is 0.0122 e. The summed E-state index contributed by atoms with van der Waals surface area (Å²) >= 11 is 0. The fourth-order valence-corrected chi connectivity index (χ4v) is 1.99. The summed E-state index contributed by atoms with van der Waals surface area (Å²) < 4.78 is 0. The van der Waals surface area contributed by atoms with Crippen LogP contribution in [-0.2, 0) is 0 Å². The Hall–Kier alpha value is -1.50. The molecule has 0 aromatic rings. The zero-order valence-corrected chi connectivity index (χ0v) is 14.1. The van der Waals surface area contributed by atoms with Crippen molar-refractivity contribution in [2.75, 3.05) is 0 Å². The van der Waals surface area contributed by atoms with Crippen LogP contribution in [-0.4, -0.2) is 0 Å². The zero-order chi connectivity index (χ0) is 15.5. The first-order valence-corrected chi connectivity index (χ1v) is 7.56. The van der Waals surface area contributed by atoms with Crippen molar-refractivity contribution in [1.29, 1.82) is 0 Å². The average Bonchev–Trinajstić information content (AvgIpc) is 2.39. The maximum atomic E-state index is 3.90. The topological polar surface area (TPSA) is 12.0 Å². The van der Waals surface area contributed by atoms with E-state index in [1.54, 1.807) is 0 Å². The van der Waals surface area contributed by atoms with Gasteiger partial charge in [-0.1, -0.05) is 44.2 Å². The molecule has 0 amide bonds. The molecule has 0 rings (SSSR count). The Morgan fingerprint density at radius 2 is 1.75 bits per heavy atom. The molecule has 1 N–H and O–H groups in total. The third-order valence-electron chi connectivity index (χ3n) is 3.12. The molecule has 0 aliphatic carbocycles. The molecule has 0 atom stereocenters. The first-order valence-electron chi connectivity index (χ1n) is 7.56. The summed E-state index contributed by atoms with van der Waals surface area (Å²) in [6.07, 6.45) is 12.2. The summed E-state index contributed by atoms with van der Waals surface area (Å²) in [5.74, 6) is 0. The molecule has 0 radical (unpaired) electrons. The van der Waals surface area contributed by atoms with Crippen LogP contribution in [0.3, 0.4) is 0 Å². The molecule has 0 aromatic heterocycles. The maximum Gasteiger partial charge on any atom is 0.0122 e. The van der Waals surface area contributed by atoms with Gasteiger partial charge in [0, 0.05) is 11.4 Å². The second-order valence-corrected chi connectivity index (χ2v) is 5.22. The largest absolute Gasteiger partial charge is 0.363 e. The van der Waals surface area contributed by atoms with E-state index in [-0.39, 0.29) is 0 Å². The number of hydrogen-bond donors (Lipinski definition) is 1. The fraction of sp³-hybridized carbons (Fsp3) is 0.474. The Bertz CT molecular complexity index is 431. The van der Waals surface area contributed by atoms with Crippen molar-refractivity contribution in [2.24, 2.45) is 0 Å². The van der Waals surface area contributed by atoms with Gasteiger partial charge in [-0.3, -0.25) is 0 Å². The third kappa shape index (κ3) is 7.83. The molecule has 112 valence electrons. The van der Waals surface area contributed by atoms with E-state index in [9.17, 15) is 0 Å². The highest BCUT2D eigenvalue weighted by molar-refractivity contribution is 5.41. The standard InChI is InChI=1S/C19H31N/c1-8-11-18(10-3)19(13-12-16(6)9-2)14-17(7)20-15(4)5/h9,11,13-14,20H,4,8,10,12H2,1-3,5-7H3/b16-9+,17-14+,18-11-,19-13-. The minimum atomic E-state index is 0.972. The van der Waals surface area contributed by atoms with Gasteiger partial charge in [-0.05, 0) is 64.2 Å². The second kappa shape index (κ2) is 10.3. The van der Waals surface area contributed by atoms with Crippen LogP contribution < -0.4 is 5.32 Å². The lowest BCUT2D eigenvalue weighted by Gasteiger charge is -2.11. The van der Waals surface area contributed by atoms with E-state index < -0.39 is 0 Å². The SMILES string of the molecule is C=C(C)N/C(C)=C/C(=C/C/C(C)=C/C)C(=C\CC)/CC. The van der Waals surface area contributed by atoms with Crippen molar-refractivity contribution in [3.05, 3.63) is 59.0 Å². The van der Waals surface area contributed by atoms with Crippen LogP contribution in [0.15, 0.2) is 59.0 Å². The summed E-state index contributed by atoms with van der Waals surface area (Å²) in [7, 11) is 0. The monoisotopic (exact) mass is 273 g/mol. The van der Waals surface area contributed by atoms with E-state index in [0.717, 1.165) is 30.7 Å². The second-order valence-electron chi connectivity index (χ2n) is 5.22. The van der Waals surface area contributed by atoms with Crippen molar-refractivity contribution < 1.29 is 0 Å². The Kier molecular flexibility index (Phi) is 9.53. The molecule has 0 unspecified atom stereocenters. The molecule has 0 heterocycles. The first-order chi connectivity index (χ1) is 9.44. The van der Waals surface area contributed by atoms with E-state index in [4.69, 9.17) is 0 Å². The van der Waals surface area contributed by atoms with E-state index in [2.05, 4.69) is 70.8 Å². The van der Waals surface area contributed by atoms with Crippen molar-refractivity contribution in [1.82, 2.24) is 5.32 Å². The van der Waals surface area contributed by atoms with Gasteiger partial charge in [0.2, 0.25) is 0 Å². The Labute approximate surface area is 125 Å². The first kappa shape index (κ1) is 18.5. The van der Waals surface area contributed by atoms with Crippen molar-refractivity contribution in [3.63, 3.8) is 0 Å². The van der Waals surface area contributed by atoms with Crippen LogP contribution in [0.1, 0.15) is 60.8 Å². The Balaban J connectivity index is 5.35. The van der Waals surface area contributed by atoms with Gasteiger partial charge < -0.3 is 5.32 Å². The van der Waals surface area contributed by atoms with E-state index in [1.807, 2.05) is 6.92 Å². The van der Waals surface area contributed by atoms with E-state index in [1.165, 1.54) is 16.7 Å². The lowest BCUT2D eigenvalue weighted by Crippen LogP contribution is -2.07. The third-order valence-corrected chi connectivity index (χ3v) is 3.12. The molecule has 0 bridgehead atoms. The normalized spacial score (nSPS) is 14.5. The van der Waals surface area contributed by atoms with Gasteiger partial charge in [0.25, 0.3) is 0 Å². The van der Waals surface area contributed by atoms with Gasteiger partial charge in [0.05, 0.1) is 0 Å². The molecular weight excluding hydrogens is 242 g/mol. The van der Waals surface area contributed by atoms with Crippen molar-refractivity contribution in [2.45, 2.75) is 60.8 Å². The van der Waals surface area contributed by atoms with Gasteiger partial charge in [-0.25, -0.2) is 0 Å². The molecule has 0 aromatic carbocycles. The van der Waals surface area contributed by atoms with E-state index in [0.29, 0.717) is 0 Å². The van der Waals surface area contributed by atoms with Crippen LogP contribution in [0.2, 0.25) is 0 Å². The molecule has 0 aliphatic heterocycles. The minimum Gasteiger partial charge on any atom is -0.363 e. The van der Waals surface area contributed by atoms with Gasteiger partial charge >= 0.3 is 0 Å². The number of allylic oxidation sites excluding steroid dienone is 9. The van der Waals surface area contributed by atoms with Gasteiger partial charge in [0.1, 0.15) is 0 Å². The predicted octanol–water partition coefficient (Wildman–Crippen LogP) is 6.04.